The third-order valence-corrected chi connectivity index (χ3v) is 3.77. The molecular formula is C16H26IN. The molecule has 1 aromatic rings. The minimum atomic E-state index is 0.221. The quantitative estimate of drug-likeness (QED) is 0.756. The highest BCUT2D eigenvalue weighted by atomic mass is 127. The first-order chi connectivity index (χ1) is 8.18. The van der Waals surface area contributed by atoms with E-state index in [1.807, 2.05) is 0 Å². The van der Waals surface area contributed by atoms with Crippen LogP contribution in [-0.2, 0) is 6.42 Å². The molecule has 2 heteroatoms. The van der Waals surface area contributed by atoms with Gasteiger partial charge in [-0.25, -0.2) is 0 Å². The summed E-state index contributed by atoms with van der Waals surface area (Å²) in [6.07, 6.45) is 2.35. The average molecular weight is 359 g/mol. The molecule has 1 rings (SSSR count). The molecule has 0 aliphatic rings. The van der Waals surface area contributed by atoms with Gasteiger partial charge in [0.2, 0.25) is 0 Å². The third-order valence-electron chi connectivity index (χ3n) is 3.05. The summed E-state index contributed by atoms with van der Waals surface area (Å²) in [5.41, 5.74) is 2.01. The van der Waals surface area contributed by atoms with Crippen molar-refractivity contribution in [2.24, 2.45) is 5.41 Å². The second-order valence-electron chi connectivity index (χ2n) is 6.89. The van der Waals surface area contributed by atoms with E-state index in [2.05, 4.69) is 86.8 Å². The van der Waals surface area contributed by atoms with Gasteiger partial charge in [-0.15, -0.1) is 0 Å². The Kier molecular flexibility index (Phi) is 5.66. The zero-order valence-corrected chi connectivity index (χ0v) is 14.5. The third kappa shape index (κ3) is 6.74. The molecule has 0 saturated heterocycles. The van der Waals surface area contributed by atoms with Crippen LogP contribution >= 0.6 is 22.6 Å². The molecule has 1 aromatic carbocycles. The molecule has 18 heavy (non-hydrogen) atoms. The largest absolute Gasteiger partial charge is 0.312 e. The lowest BCUT2D eigenvalue weighted by Crippen LogP contribution is -2.38. The van der Waals surface area contributed by atoms with Crippen LogP contribution in [-0.4, -0.2) is 12.1 Å². The van der Waals surface area contributed by atoms with E-state index in [4.69, 9.17) is 0 Å². The molecule has 0 aromatic heterocycles. The number of hydrogen-bond donors (Lipinski definition) is 1. The van der Waals surface area contributed by atoms with Gasteiger partial charge in [-0.2, -0.15) is 0 Å². The van der Waals surface area contributed by atoms with Crippen LogP contribution in [0.1, 0.15) is 46.6 Å². The predicted octanol–water partition coefficient (Wildman–Crippen LogP) is 4.64. The smallest absolute Gasteiger partial charge is 0.0130 e. The lowest BCUT2D eigenvalue weighted by atomic mass is 9.82. The number of hydrogen-bond acceptors (Lipinski definition) is 1. The van der Waals surface area contributed by atoms with Crippen molar-refractivity contribution in [3.63, 3.8) is 0 Å². The summed E-state index contributed by atoms with van der Waals surface area (Å²) in [4.78, 5) is 0. The van der Waals surface area contributed by atoms with Gasteiger partial charge in [0.15, 0.2) is 0 Å². The molecule has 1 nitrogen and oxygen atoms in total. The maximum Gasteiger partial charge on any atom is 0.0130 e. The number of nitrogens with one attached hydrogen (secondary N) is 1. The topological polar surface area (TPSA) is 12.0 Å². The second kappa shape index (κ2) is 6.38. The predicted molar refractivity (Wildman–Crippen MR) is 89.0 cm³/mol. The van der Waals surface area contributed by atoms with Gasteiger partial charge >= 0.3 is 0 Å². The zero-order valence-electron chi connectivity index (χ0n) is 12.3. The zero-order chi connectivity index (χ0) is 13.8. The van der Waals surface area contributed by atoms with Gasteiger partial charge in [0, 0.05) is 9.11 Å². The van der Waals surface area contributed by atoms with Crippen molar-refractivity contribution in [3.8, 4) is 0 Å². The van der Waals surface area contributed by atoms with Crippen molar-refractivity contribution in [1.82, 2.24) is 5.32 Å². The van der Waals surface area contributed by atoms with Gasteiger partial charge in [-0.3, -0.25) is 0 Å². The first kappa shape index (κ1) is 16.0. The van der Waals surface area contributed by atoms with Crippen molar-refractivity contribution in [1.29, 1.82) is 0 Å². The highest BCUT2D eigenvalue weighted by Crippen LogP contribution is 2.26. The molecule has 0 radical (unpaired) electrons. The molecule has 0 amide bonds. The van der Waals surface area contributed by atoms with Gasteiger partial charge in [0.25, 0.3) is 0 Å². The van der Waals surface area contributed by atoms with E-state index in [1.165, 1.54) is 15.6 Å². The molecule has 0 bridgehead atoms. The normalized spacial score (nSPS) is 12.8. The van der Waals surface area contributed by atoms with Crippen molar-refractivity contribution < 1.29 is 0 Å². The Balaban J connectivity index is 2.46. The fourth-order valence-electron chi connectivity index (χ4n) is 2.02. The van der Waals surface area contributed by atoms with Crippen molar-refractivity contribution >= 4 is 22.6 Å². The van der Waals surface area contributed by atoms with E-state index in [9.17, 15) is 0 Å². The Labute approximate surface area is 126 Å². The Morgan fingerprint density at radius 3 is 2.06 bits per heavy atom. The van der Waals surface area contributed by atoms with Crippen LogP contribution in [0, 0.1) is 8.99 Å². The molecule has 0 aliphatic heterocycles. The first-order valence-corrected chi connectivity index (χ1v) is 7.75. The lowest BCUT2D eigenvalue weighted by molar-refractivity contribution is 0.302. The van der Waals surface area contributed by atoms with Crippen LogP contribution in [0.25, 0.3) is 0 Å². The standard InChI is InChI=1S/C16H26IN/c1-15(2,3)18-11-10-16(4,5)12-13-6-8-14(17)9-7-13/h6-9,18H,10-12H2,1-5H3. The van der Waals surface area contributed by atoms with Gasteiger partial charge in [0.1, 0.15) is 0 Å². The van der Waals surface area contributed by atoms with Gasteiger partial charge in [-0.05, 0) is 85.9 Å². The Morgan fingerprint density at radius 2 is 1.56 bits per heavy atom. The second-order valence-corrected chi connectivity index (χ2v) is 8.14. The molecule has 1 N–H and O–H groups in total. The maximum atomic E-state index is 3.57. The number of benzene rings is 1. The van der Waals surface area contributed by atoms with Crippen LogP contribution in [0.5, 0.6) is 0 Å². The van der Waals surface area contributed by atoms with E-state index in [0.29, 0.717) is 5.41 Å². The molecule has 0 heterocycles. The molecule has 0 atom stereocenters. The highest BCUT2D eigenvalue weighted by Gasteiger charge is 2.19. The Morgan fingerprint density at radius 1 is 1.00 bits per heavy atom. The summed E-state index contributed by atoms with van der Waals surface area (Å²) in [5.74, 6) is 0. The monoisotopic (exact) mass is 359 g/mol. The van der Waals surface area contributed by atoms with Crippen LogP contribution in [0.4, 0.5) is 0 Å². The van der Waals surface area contributed by atoms with Crippen LogP contribution in [0.3, 0.4) is 0 Å². The van der Waals surface area contributed by atoms with Gasteiger partial charge in [-0.1, -0.05) is 26.0 Å². The summed E-state index contributed by atoms with van der Waals surface area (Å²) >= 11 is 2.36. The summed E-state index contributed by atoms with van der Waals surface area (Å²) in [7, 11) is 0. The van der Waals surface area contributed by atoms with Gasteiger partial charge in [0.05, 0.1) is 0 Å². The molecule has 0 aliphatic carbocycles. The number of halogens is 1. The summed E-state index contributed by atoms with van der Waals surface area (Å²) in [6, 6.07) is 8.89. The van der Waals surface area contributed by atoms with Crippen molar-refractivity contribution in [3.05, 3.63) is 33.4 Å². The Hall–Kier alpha value is -0.0900. The maximum absolute atomic E-state index is 3.57. The summed E-state index contributed by atoms with van der Waals surface area (Å²) < 4.78 is 1.31. The molecule has 0 fully saturated rings. The molecule has 102 valence electrons. The van der Waals surface area contributed by atoms with Crippen molar-refractivity contribution in [2.75, 3.05) is 6.54 Å². The fraction of sp³-hybridized carbons (Fsp3) is 0.625. The summed E-state index contributed by atoms with van der Waals surface area (Å²) in [6.45, 7) is 12.5. The van der Waals surface area contributed by atoms with Crippen LogP contribution in [0.15, 0.2) is 24.3 Å². The first-order valence-electron chi connectivity index (χ1n) is 6.67. The number of rotatable bonds is 5. The molecule has 0 saturated carbocycles. The van der Waals surface area contributed by atoms with Crippen molar-refractivity contribution in [2.45, 2.75) is 53.0 Å². The van der Waals surface area contributed by atoms with E-state index < -0.39 is 0 Å². The molecule has 0 spiro atoms. The minimum absolute atomic E-state index is 0.221. The van der Waals surface area contributed by atoms with Crippen LogP contribution in [0.2, 0.25) is 0 Å². The van der Waals surface area contributed by atoms with E-state index in [-0.39, 0.29) is 5.54 Å². The SMILES string of the molecule is CC(C)(CCNC(C)(C)C)Cc1ccc(I)cc1. The Bertz CT molecular complexity index is 360. The van der Waals surface area contributed by atoms with Gasteiger partial charge < -0.3 is 5.32 Å². The summed E-state index contributed by atoms with van der Waals surface area (Å²) in [5, 5.41) is 3.57. The molecular weight excluding hydrogens is 333 g/mol. The fourth-order valence-corrected chi connectivity index (χ4v) is 2.38. The molecule has 0 unspecified atom stereocenters. The van der Waals surface area contributed by atoms with E-state index >= 15 is 0 Å². The van der Waals surface area contributed by atoms with E-state index in [0.717, 1.165) is 13.0 Å². The van der Waals surface area contributed by atoms with E-state index in [1.54, 1.807) is 0 Å². The van der Waals surface area contributed by atoms with Crippen LogP contribution < -0.4 is 5.32 Å². The lowest BCUT2D eigenvalue weighted by Gasteiger charge is -2.28. The minimum Gasteiger partial charge on any atom is -0.312 e. The average Bonchev–Trinajstić information content (AvgIpc) is 2.18. The highest BCUT2D eigenvalue weighted by molar-refractivity contribution is 14.1.